The van der Waals surface area contributed by atoms with E-state index in [2.05, 4.69) is 32.0 Å². The van der Waals surface area contributed by atoms with Crippen LogP contribution >= 0.6 is 0 Å². The van der Waals surface area contributed by atoms with E-state index in [4.69, 9.17) is 10.1 Å². The number of hydrogen-bond acceptors (Lipinski definition) is 6. The number of carboxylic acid groups (broad SMARTS) is 1. The van der Waals surface area contributed by atoms with Crippen LogP contribution in [0.4, 0.5) is 0 Å². The molecule has 192 valence electrons. The van der Waals surface area contributed by atoms with Crippen LogP contribution in [0, 0.1) is 5.92 Å². The average molecular weight is 485 g/mol. The Morgan fingerprint density at radius 1 is 1.14 bits per heavy atom. The average Bonchev–Trinajstić information content (AvgIpc) is 3.21. The summed E-state index contributed by atoms with van der Waals surface area (Å²) < 4.78 is 2.36. The molecule has 3 heterocycles. The number of aryl methyl sites for hydroxylation is 2. The lowest BCUT2D eigenvalue weighted by atomic mass is 9.93. The number of carboxylic acids is 1. The molecule has 9 nitrogen and oxygen atoms in total. The predicted octanol–water partition coefficient (Wildman–Crippen LogP) is 1.81. The van der Waals surface area contributed by atoms with Gasteiger partial charge in [-0.05, 0) is 76.5 Å². The van der Waals surface area contributed by atoms with Crippen LogP contribution < -0.4 is 10.6 Å². The first-order valence-corrected chi connectivity index (χ1v) is 13.1. The number of piperazine rings is 1. The summed E-state index contributed by atoms with van der Waals surface area (Å²) in [6.45, 7) is 8.86. The number of piperidine rings is 1. The van der Waals surface area contributed by atoms with Gasteiger partial charge in [-0.2, -0.15) is 0 Å². The van der Waals surface area contributed by atoms with Gasteiger partial charge < -0.3 is 30.1 Å². The monoisotopic (exact) mass is 484 g/mol. The highest BCUT2D eigenvalue weighted by molar-refractivity contribution is 5.97. The zero-order valence-corrected chi connectivity index (χ0v) is 21.0. The number of benzene rings is 1. The molecule has 0 bridgehead atoms. The Morgan fingerprint density at radius 2 is 1.91 bits per heavy atom. The summed E-state index contributed by atoms with van der Waals surface area (Å²) in [4.78, 5) is 33.2. The van der Waals surface area contributed by atoms with Crippen molar-refractivity contribution in [3.05, 3.63) is 29.6 Å². The molecule has 9 heteroatoms. The maximum Gasteiger partial charge on any atom is 0.305 e. The summed E-state index contributed by atoms with van der Waals surface area (Å²) >= 11 is 0. The van der Waals surface area contributed by atoms with Gasteiger partial charge in [0.15, 0.2) is 0 Å². The maximum absolute atomic E-state index is 12.5. The molecule has 0 radical (unpaired) electrons. The number of aromatic nitrogens is 2. The number of nitrogens with zero attached hydrogens (tertiary/aromatic N) is 4. The Kier molecular flexibility index (Phi) is 9.12. The molecule has 0 saturated carbocycles. The third-order valence-corrected chi connectivity index (χ3v) is 7.40. The Hall–Kier alpha value is -2.49. The van der Waals surface area contributed by atoms with Crippen molar-refractivity contribution in [2.24, 2.45) is 5.92 Å². The lowest BCUT2D eigenvalue weighted by Crippen LogP contribution is -2.44. The molecular formula is C26H40N6O3. The van der Waals surface area contributed by atoms with Crippen LogP contribution in [0.25, 0.3) is 11.0 Å². The zero-order chi connectivity index (χ0) is 24.6. The summed E-state index contributed by atoms with van der Waals surface area (Å²) in [5, 5.41) is 14.9. The van der Waals surface area contributed by atoms with Gasteiger partial charge in [-0.25, -0.2) is 4.98 Å². The predicted molar refractivity (Wildman–Crippen MR) is 137 cm³/mol. The first kappa shape index (κ1) is 25.6. The van der Waals surface area contributed by atoms with Crippen molar-refractivity contribution in [1.82, 2.24) is 30.0 Å². The summed E-state index contributed by atoms with van der Waals surface area (Å²) in [6, 6.07) is 5.67. The fourth-order valence-corrected chi connectivity index (χ4v) is 5.17. The summed E-state index contributed by atoms with van der Waals surface area (Å²) in [5.41, 5.74) is 2.44. The number of carbonyl (C=O) groups is 2. The Bertz CT molecular complexity index is 992. The van der Waals surface area contributed by atoms with E-state index >= 15 is 0 Å². The minimum atomic E-state index is -0.922. The highest BCUT2D eigenvalue weighted by atomic mass is 16.4. The Labute approximate surface area is 207 Å². The van der Waals surface area contributed by atoms with Crippen LogP contribution in [0.5, 0.6) is 0 Å². The van der Waals surface area contributed by atoms with Gasteiger partial charge in [-0.15, -0.1) is 0 Å². The second-order valence-electron chi connectivity index (χ2n) is 10.0. The second kappa shape index (κ2) is 12.5. The third-order valence-electron chi connectivity index (χ3n) is 7.40. The van der Waals surface area contributed by atoms with E-state index in [1.165, 1.54) is 12.8 Å². The molecule has 2 aliphatic heterocycles. The Balaban J connectivity index is 1.45. The van der Waals surface area contributed by atoms with Crippen LogP contribution in [-0.2, 0) is 17.8 Å². The highest BCUT2D eigenvalue weighted by Crippen LogP contribution is 2.23. The van der Waals surface area contributed by atoms with E-state index in [1.54, 1.807) is 0 Å². The van der Waals surface area contributed by atoms with Crippen molar-refractivity contribution >= 4 is 22.9 Å². The largest absolute Gasteiger partial charge is 0.481 e. The number of carbonyl (C=O) groups excluding carboxylic acids is 1. The fourth-order valence-electron chi connectivity index (χ4n) is 5.17. The number of nitrogens with one attached hydrogen (secondary N) is 2. The molecule has 0 unspecified atom stereocenters. The maximum atomic E-state index is 12.5. The van der Waals surface area contributed by atoms with Crippen LogP contribution in [0.2, 0.25) is 0 Å². The number of amides is 1. The molecule has 0 atom stereocenters. The van der Waals surface area contributed by atoms with E-state index in [0.29, 0.717) is 5.56 Å². The van der Waals surface area contributed by atoms with Crippen LogP contribution in [0.1, 0.15) is 48.3 Å². The molecule has 1 aromatic heterocycles. The van der Waals surface area contributed by atoms with Crippen LogP contribution in [0.15, 0.2) is 18.2 Å². The third kappa shape index (κ3) is 7.25. The topological polar surface area (TPSA) is 103 Å². The van der Waals surface area contributed by atoms with Gasteiger partial charge in [0.2, 0.25) is 0 Å². The molecule has 1 aromatic carbocycles. The molecule has 0 spiro atoms. The molecule has 4 rings (SSSR count). The van der Waals surface area contributed by atoms with Crippen molar-refractivity contribution in [3.8, 4) is 0 Å². The van der Waals surface area contributed by atoms with E-state index in [-0.39, 0.29) is 18.9 Å². The summed E-state index contributed by atoms with van der Waals surface area (Å²) in [5.74, 6) is 0.675. The van der Waals surface area contributed by atoms with E-state index < -0.39 is 5.97 Å². The fraction of sp³-hybridized carbons (Fsp3) is 0.654. The summed E-state index contributed by atoms with van der Waals surface area (Å²) in [6.07, 6.45) is 5.54. The van der Waals surface area contributed by atoms with Gasteiger partial charge in [-0.1, -0.05) is 0 Å². The van der Waals surface area contributed by atoms with E-state index in [1.807, 2.05) is 18.2 Å². The van der Waals surface area contributed by atoms with Crippen molar-refractivity contribution in [2.75, 3.05) is 59.4 Å². The molecular weight excluding hydrogens is 444 g/mol. The van der Waals surface area contributed by atoms with Gasteiger partial charge >= 0.3 is 5.97 Å². The molecule has 0 aliphatic carbocycles. The molecule has 3 N–H and O–H groups in total. The van der Waals surface area contributed by atoms with Crippen LogP contribution in [0.3, 0.4) is 0 Å². The van der Waals surface area contributed by atoms with Crippen molar-refractivity contribution in [3.63, 3.8) is 0 Å². The smallest absolute Gasteiger partial charge is 0.305 e. The molecule has 1 amide bonds. The lowest BCUT2D eigenvalue weighted by molar-refractivity contribution is -0.136. The zero-order valence-electron chi connectivity index (χ0n) is 21.0. The first-order chi connectivity index (χ1) is 17.0. The quantitative estimate of drug-likeness (QED) is 0.447. The van der Waals surface area contributed by atoms with Gasteiger partial charge in [-0.3, -0.25) is 9.59 Å². The molecule has 35 heavy (non-hydrogen) atoms. The minimum absolute atomic E-state index is 0.0866. The van der Waals surface area contributed by atoms with Gasteiger partial charge in [0.25, 0.3) is 5.91 Å². The number of likely N-dealkylation sites (N-methyl/N-ethyl adjacent to an activating group) is 1. The van der Waals surface area contributed by atoms with E-state index in [0.717, 1.165) is 94.4 Å². The van der Waals surface area contributed by atoms with Crippen molar-refractivity contribution < 1.29 is 14.7 Å². The van der Waals surface area contributed by atoms with E-state index in [9.17, 15) is 9.59 Å². The number of rotatable bonds is 11. The van der Waals surface area contributed by atoms with Crippen LogP contribution in [-0.4, -0.2) is 95.7 Å². The number of aliphatic carboxylic acids is 1. The second-order valence-corrected chi connectivity index (χ2v) is 10.0. The summed E-state index contributed by atoms with van der Waals surface area (Å²) in [7, 11) is 2.18. The number of imidazole rings is 1. The lowest BCUT2D eigenvalue weighted by Gasteiger charge is -2.32. The molecule has 2 aliphatic rings. The number of hydrogen-bond donors (Lipinski definition) is 3. The SMILES string of the molecule is CN1CCN(CCCn2c(CCC3CCNCC3)nc3cc(C(=O)NCCC(=O)O)ccc32)CC1. The molecule has 2 aromatic rings. The highest BCUT2D eigenvalue weighted by Gasteiger charge is 2.18. The Morgan fingerprint density at radius 3 is 2.66 bits per heavy atom. The van der Waals surface area contributed by atoms with Crippen molar-refractivity contribution in [1.29, 1.82) is 0 Å². The van der Waals surface area contributed by atoms with Gasteiger partial charge in [0, 0.05) is 51.3 Å². The molecule has 2 fully saturated rings. The normalized spacial score (nSPS) is 18.2. The van der Waals surface area contributed by atoms with Gasteiger partial charge in [0.05, 0.1) is 17.5 Å². The van der Waals surface area contributed by atoms with Gasteiger partial charge in [0.1, 0.15) is 5.82 Å². The molecule has 2 saturated heterocycles. The first-order valence-electron chi connectivity index (χ1n) is 13.1. The minimum Gasteiger partial charge on any atom is -0.481 e. The number of fused-ring (bicyclic) bond motifs is 1. The standard InChI is InChI=1S/C26H40N6O3/c1-30-15-17-31(18-16-30)13-2-14-32-23-5-4-21(26(35)28-12-9-25(33)34)19-22(23)29-24(32)6-3-20-7-10-27-11-8-20/h4-5,19-20,27H,2-3,6-18H2,1H3,(H,28,35)(H,33,34). The van der Waals surface area contributed by atoms with Crippen molar-refractivity contribution in [2.45, 2.75) is 45.1 Å².